The number of carbonyl (C=O) groups is 2. The third kappa shape index (κ3) is 5.43. The Labute approximate surface area is 145 Å². The fourth-order valence-corrected chi connectivity index (χ4v) is 2.78. The number of nitrogens with zero attached hydrogens (tertiary/aromatic N) is 2. The van der Waals surface area contributed by atoms with Gasteiger partial charge in [-0.3, -0.25) is 9.59 Å². The minimum absolute atomic E-state index is 0.0178. The Bertz CT molecular complexity index is 673. The van der Waals surface area contributed by atoms with Gasteiger partial charge in [0.05, 0.1) is 0 Å². The van der Waals surface area contributed by atoms with Crippen LogP contribution in [-0.4, -0.2) is 48.5 Å². The zero-order chi connectivity index (χ0) is 17.4. The Morgan fingerprint density at radius 2 is 2.21 bits per heavy atom. The van der Waals surface area contributed by atoms with Crippen molar-refractivity contribution in [2.75, 3.05) is 32.1 Å². The van der Waals surface area contributed by atoms with Crippen LogP contribution in [0.5, 0.6) is 0 Å². The monoisotopic (exact) mass is 347 g/mol. The molecule has 0 atom stereocenters. The highest BCUT2D eigenvalue weighted by molar-refractivity contribution is 7.13. The number of anilines is 1. The molecule has 1 heterocycles. The largest absolute Gasteiger partial charge is 0.385 e. The maximum Gasteiger partial charge on any atom is 0.254 e. The summed E-state index contributed by atoms with van der Waals surface area (Å²) in [6.45, 7) is 2.90. The van der Waals surface area contributed by atoms with Gasteiger partial charge in [-0.15, -0.1) is 11.3 Å². The molecule has 0 unspecified atom stereocenters. The summed E-state index contributed by atoms with van der Waals surface area (Å²) < 4.78 is 5.04. The van der Waals surface area contributed by atoms with Gasteiger partial charge in [-0.05, 0) is 25.5 Å². The van der Waals surface area contributed by atoms with Crippen molar-refractivity contribution in [3.8, 4) is 0 Å². The van der Waals surface area contributed by atoms with Gasteiger partial charge >= 0.3 is 0 Å². The Kier molecular flexibility index (Phi) is 6.89. The number of methoxy groups -OCH3 is 1. The minimum Gasteiger partial charge on any atom is -0.385 e. The predicted molar refractivity (Wildman–Crippen MR) is 94.3 cm³/mol. The average Bonchev–Trinajstić information content (AvgIpc) is 3.06. The number of ether oxygens (including phenoxy) is 1. The number of benzene rings is 1. The summed E-state index contributed by atoms with van der Waals surface area (Å²) in [7, 11) is 1.61. The molecule has 0 saturated heterocycles. The van der Waals surface area contributed by atoms with Crippen LogP contribution in [0, 0.1) is 6.92 Å². The topological polar surface area (TPSA) is 71.5 Å². The van der Waals surface area contributed by atoms with Gasteiger partial charge in [0.15, 0.2) is 5.13 Å². The van der Waals surface area contributed by atoms with Gasteiger partial charge in [0.25, 0.3) is 5.91 Å². The first-order valence-electron chi connectivity index (χ1n) is 7.64. The fourth-order valence-electron chi connectivity index (χ4n) is 2.23. The summed E-state index contributed by atoms with van der Waals surface area (Å²) in [4.78, 5) is 30.5. The average molecular weight is 347 g/mol. The minimum atomic E-state index is -0.261. The van der Waals surface area contributed by atoms with Crippen LogP contribution < -0.4 is 5.32 Å². The number of amides is 2. The summed E-state index contributed by atoms with van der Waals surface area (Å²) in [5.74, 6) is -0.424. The van der Waals surface area contributed by atoms with Gasteiger partial charge in [0.2, 0.25) is 5.91 Å². The normalized spacial score (nSPS) is 10.4. The van der Waals surface area contributed by atoms with Crippen LogP contribution in [-0.2, 0) is 9.53 Å². The van der Waals surface area contributed by atoms with Crippen LogP contribution in [0.25, 0.3) is 0 Å². The molecular formula is C17H21N3O3S. The molecule has 0 aliphatic carbocycles. The highest BCUT2D eigenvalue weighted by Gasteiger charge is 2.19. The first kappa shape index (κ1) is 18.1. The van der Waals surface area contributed by atoms with Crippen molar-refractivity contribution in [2.24, 2.45) is 0 Å². The van der Waals surface area contributed by atoms with Crippen LogP contribution >= 0.6 is 11.3 Å². The van der Waals surface area contributed by atoms with Crippen LogP contribution in [0.4, 0.5) is 5.13 Å². The molecule has 2 amide bonds. The molecule has 0 bridgehead atoms. The summed E-state index contributed by atoms with van der Waals surface area (Å²) >= 11 is 1.34. The Balaban J connectivity index is 2.05. The van der Waals surface area contributed by atoms with Crippen LogP contribution in [0.3, 0.4) is 0 Å². The third-order valence-electron chi connectivity index (χ3n) is 3.34. The molecule has 0 saturated carbocycles. The molecule has 1 aromatic heterocycles. The van der Waals surface area contributed by atoms with E-state index < -0.39 is 0 Å². The van der Waals surface area contributed by atoms with E-state index in [1.165, 1.54) is 16.2 Å². The van der Waals surface area contributed by atoms with Crippen molar-refractivity contribution in [1.82, 2.24) is 9.88 Å². The van der Waals surface area contributed by atoms with Crippen LogP contribution in [0.2, 0.25) is 0 Å². The molecule has 2 aromatic rings. The number of carbonyl (C=O) groups excluding carboxylic acids is 2. The van der Waals surface area contributed by atoms with Crippen molar-refractivity contribution in [2.45, 2.75) is 13.3 Å². The van der Waals surface area contributed by atoms with E-state index in [1.54, 1.807) is 24.8 Å². The highest BCUT2D eigenvalue weighted by Crippen LogP contribution is 2.12. The molecule has 1 aromatic carbocycles. The lowest BCUT2D eigenvalue weighted by atomic mass is 10.1. The molecule has 0 aliphatic rings. The van der Waals surface area contributed by atoms with Gasteiger partial charge in [-0.1, -0.05) is 17.7 Å². The van der Waals surface area contributed by atoms with Crippen molar-refractivity contribution in [3.63, 3.8) is 0 Å². The standard InChI is InChI=1S/C17H21N3O3S/c1-13-5-3-6-14(11-13)16(22)20(8-4-9-23-2)12-15(21)19-17-18-7-10-24-17/h3,5-7,10-11H,4,8-9,12H2,1-2H3,(H,18,19,21). The third-order valence-corrected chi connectivity index (χ3v) is 4.03. The zero-order valence-electron chi connectivity index (χ0n) is 13.8. The summed E-state index contributed by atoms with van der Waals surface area (Å²) in [5, 5.41) is 5.01. The smallest absolute Gasteiger partial charge is 0.254 e. The number of rotatable bonds is 8. The van der Waals surface area contributed by atoms with E-state index in [9.17, 15) is 9.59 Å². The number of thiazole rings is 1. The lowest BCUT2D eigenvalue weighted by molar-refractivity contribution is -0.116. The van der Waals surface area contributed by atoms with E-state index in [4.69, 9.17) is 4.74 Å². The molecular weight excluding hydrogens is 326 g/mol. The molecule has 0 radical (unpaired) electrons. The predicted octanol–water partition coefficient (Wildman–Crippen LogP) is 2.57. The maximum absolute atomic E-state index is 12.7. The second kappa shape index (κ2) is 9.14. The van der Waals surface area contributed by atoms with Gasteiger partial charge < -0.3 is 15.0 Å². The van der Waals surface area contributed by atoms with Crippen LogP contribution in [0.1, 0.15) is 22.3 Å². The van der Waals surface area contributed by atoms with E-state index >= 15 is 0 Å². The van der Waals surface area contributed by atoms with Gasteiger partial charge in [-0.2, -0.15) is 0 Å². The lowest BCUT2D eigenvalue weighted by Crippen LogP contribution is -2.39. The van der Waals surface area contributed by atoms with Gasteiger partial charge in [0.1, 0.15) is 6.54 Å². The maximum atomic E-state index is 12.7. The number of hydrogen-bond donors (Lipinski definition) is 1. The first-order valence-corrected chi connectivity index (χ1v) is 8.52. The molecule has 0 fully saturated rings. The first-order chi connectivity index (χ1) is 11.6. The van der Waals surface area contributed by atoms with Crippen molar-refractivity contribution in [1.29, 1.82) is 0 Å². The summed E-state index contributed by atoms with van der Waals surface area (Å²) in [6.07, 6.45) is 2.28. The van der Waals surface area contributed by atoms with Gasteiger partial charge in [0, 0.05) is 37.4 Å². The second-order valence-electron chi connectivity index (χ2n) is 5.33. The number of aromatic nitrogens is 1. The van der Waals surface area contributed by atoms with Crippen molar-refractivity contribution < 1.29 is 14.3 Å². The quantitative estimate of drug-likeness (QED) is 0.745. The molecule has 0 aliphatic heterocycles. The van der Waals surface area contributed by atoms with Crippen molar-refractivity contribution >= 4 is 28.3 Å². The number of nitrogens with one attached hydrogen (secondary N) is 1. The molecule has 24 heavy (non-hydrogen) atoms. The molecule has 1 N–H and O–H groups in total. The Morgan fingerprint density at radius 1 is 1.38 bits per heavy atom. The van der Waals surface area contributed by atoms with E-state index in [1.807, 2.05) is 25.1 Å². The zero-order valence-corrected chi connectivity index (χ0v) is 14.6. The summed E-state index contributed by atoms with van der Waals surface area (Å²) in [6, 6.07) is 7.36. The SMILES string of the molecule is COCCCN(CC(=O)Nc1nccs1)C(=O)c1cccc(C)c1. The fraction of sp³-hybridized carbons (Fsp3) is 0.353. The van der Waals surface area contributed by atoms with Crippen LogP contribution in [0.15, 0.2) is 35.8 Å². The lowest BCUT2D eigenvalue weighted by Gasteiger charge is -2.22. The van der Waals surface area contributed by atoms with Crippen molar-refractivity contribution in [3.05, 3.63) is 47.0 Å². The van der Waals surface area contributed by atoms with E-state index in [0.29, 0.717) is 30.3 Å². The molecule has 6 nitrogen and oxygen atoms in total. The Hall–Kier alpha value is -2.25. The highest BCUT2D eigenvalue weighted by atomic mass is 32.1. The summed E-state index contributed by atoms with van der Waals surface area (Å²) in [5.41, 5.74) is 1.58. The van der Waals surface area contributed by atoms with E-state index in [0.717, 1.165) is 5.56 Å². The Morgan fingerprint density at radius 3 is 2.88 bits per heavy atom. The molecule has 7 heteroatoms. The molecule has 2 rings (SSSR count). The van der Waals surface area contributed by atoms with E-state index in [2.05, 4.69) is 10.3 Å². The number of hydrogen-bond acceptors (Lipinski definition) is 5. The van der Waals surface area contributed by atoms with E-state index in [-0.39, 0.29) is 18.4 Å². The second-order valence-corrected chi connectivity index (χ2v) is 6.22. The molecule has 0 spiro atoms. The van der Waals surface area contributed by atoms with Gasteiger partial charge in [-0.25, -0.2) is 4.98 Å². The number of aryl methyl sites for hydroxylation is 1. The molecule has 128 valence electrons.